The van der Waals surface area contributed by atoms with Gasteiger partial charge < -0.3 is 10.2 Å². The Balaban J connectivity index is 1.78. The van der Waals surface area contributed by atoms with Gasteiger partial charge in [0, 0.05) is 31.9 Å². The summed E-state index contributed by atoms with van der Waals surface area (Å²) >= 11 is 0. The average molecular weight is 274 g/mol. The molecular formula is C18H30N2. The van der Waals surface area contributed by atoms with E-state index in [4.69, 9.17) is 0 Å². The second-order valence-electron chi connectivity index (χ2n) is 6.69. The zero-order valence-corrected chi connectivity index (χ0v) is 13.6. The van der Waals surface area contributed by atoms with E-state index < -0.39 is 0 Å². The van der Waals surface area contributed by atoms with E-state index in [1.165, 1.54) is 42.5 Å². The van der Waals surface area contributed by atoms with Crippen molar-refractivity contribution in [1.82, 2.24) is 5.32 Å². The first-order valence-corrected chi connectivity index (χ1v) is 8.07. The van der Waals surface area contributed by atoms with Gasteiger partial charge >= 0.3 is 0 Å². The molecular weight excluding hydrogens is 244 g/mol. The van der Waals surface area contributed by atoms with Crippen LogP contribution in [0.5, 0.6) is 0 Å². The van der Waals surface area contributed by atoms with Crippen LogP contribution in [-0.4, -0.2) is 26.2 Å². The lowest BCUT2D eigenvalue weighted by Crippen LogP contribution is -2.38. The minimum atomic E-state index is 0.742. The minimum Gasteiger partial charge on any atom is -0.373 e. The van der Waals surface area contributed by atoms with Gasteiger partial charge in [-0.3, -0.25) is 0 Å². The molecule has 2 rings (SSSR count). The van der Waals surface area contributed by atoms with Gasteiger partial charge in [-0.2, -0.15) is 0 Å². The Morgan fingerprint density at radius 2 is 1.85 bits per heavy atom. The smallest absolute Gasteiger partial charge is 0.0369 e. The number of rotatable bonds is 5. The Morgan fingerprint density at radius 1 is 1.15 bits per heavy atom. The fourth-order valence-electron chi connectivity index (χ4n) is 3.36. The number of likely N-dealkylation sites (N-methyl/N-ethyl adjacent to an activating group) is 1. The number of nitrogens with zero attached hydrogens (tertiary/aromatic N) is 1. The van der Waals surface area contributed by atoms with Gasteiger partial charge in [-0.25, -0.2) is 0 Å². The molecule has 2 unspecified atom stereocenters. The first kappa shape index (κ1) is 15.4. The van der Waals surface area contributed by atoms with E-state index >= 15 is 0 Å². The van der Waals surface area contributed by atoms with Crippen LogP contribution < -0.4 is 10.2 Å². The normalized spacial score (nSPS) is 22.8. The monoisotopic (exact) mass is 274 g/mol. The maximum absolute atomic E-state index is 3.74. The summed E-state index contributed by atoms with van der Waals surface area (Å²) in [6, 6.07) is 7.52. The van der Waals surface area contributed by atoms with Gasteiger partial charge in [0.15, 0.2) is 0 Å². The fraction of sp³-hybridized carbons (Fsp3) is 0.667. The molecule has 0 radical (unpaired) electrons. The lowest BCUT2D eigenvalue weighted by atomic mass is 9.87. The topological polar surface area (TPSA) is 15.3 Å². The van der Waals surface area contributed by atoms with Crippen molar-refractivity contribution >= 4 is 5.69 Å². The number of hydrogen-bond donors (Lipinski definition) is 1. The molecule has 1 aliphatic carbocycles. The van der Waals surface area contributed by atoms with E-state index in [9.17, 15) is 0 Å². The molecule has 1 fully saturated rings. The summed E-state index contributed by atoms with van der Waals surface area (Å²) in [6.45, 7) is 8.89. The van der Waals surface area contributed by atoms with Crippen LogP contribution in [0, 0.1) is 19.8 Å². The molecule has 1 aliphatic rings. The quantitative estimate of drug-likeness (QED) is 0.876. The van der Waals surface area contributed by atoms with Crippen molar-refractivity contribution in [2.24, 2.45) is 5.92 Å². The molecule has 0 aromatic heterocycles. The highest BCUT2D eigenvalue weighted by atomic mass is 15.1. The molecule has 1 aromatic rings. The summed E-state index contributed by atoms with van der Waals surface area (Å²) in [4.78, 5) is 2.36. The summed E-state index contributed by atoms with van der Waals surface area (Å²) in [5, 5.41) is 3.74. The molecule has 112 valence electrons. The number of hydrogen-bond acceptors (Lipinski definition) is 2. The molecule has 1 saturated carbocycles. The molecule has 0 spiro atoms. The zero-order valence-electron chi connectivity index (χ0n) is 13.6. The molecule has 0 heterocycles. The highest BCUT2D eigenvalue weighted by Gasteiger charge is 2.17. The van der Waals surface area contributed by atoms with Gasteiger partial charge in [0.1, 0.15) is 0 Å². The first-order chi connectivity index (χ1) is 9.54. The Kier molecular flexibility index (Phi) is 5.47. The van der Waals surface area contributed by atoms with Crippen molar-refractivity contribution in [3.63, 3.8) is 0 Å². The predicted octanol–water partition coefficient (Wildman–Crippen LogP) is 3.91. The summed E-state index contributed by atoms with van der Waals surface area (Å²) in [6.07, 6.45) is 5.53. The third-order valence-electron chi connectivity index (χ3n) is 4.46. The number of anilines is 1. The standard InChI is InChI=1S/C18H30N2/c1-14-6-5-7-17(11-14)19-8-9-20(4)18-12-15(2)10-16(3)13-18/h10,12-14,17,19H,5-9,11H2,1-4H3. The van der Waals surface area contributed by atoms with Gasteiger partial charge in [0.05, 0.1) is 0 Å². The van der Waals surface area contributed by atoms with Crippen LogP contribution in [0.1, 0.15) is 43.7 Å². The van der Waals surface area contributed by atoms with Crippen molar-refractivity contribution < 1.29 is 0 Å². The molecule has 20 heavy (non-hydrogen) atoms. The van der Waals surface area contributed by atoms with E-state index in [2.05, 4.69) is 56.2 Å². The van der Waals surface area contributed by atoms with Crippen LogP contribution in [-0.2, 0) is 0 Å². The van der Waals surface area contributed by atoms with Crippen molar-refractivity contribution in [3.05, 3.63) is 29.3 Å². The molecule has 2 atom stereocenters. The second-order valence-corrected chi connectivity index (χ2v) is 6.69. The van der Waals surface area contributed by atoms with E-state index in [1.54, 1.807) is 0 Å². The maximum atomic E-state index is 3.74. The molecule has 0 saturated heterocycles. The third-order valence-corrected chi connectivity index (χ3v) is 4.46. The summed E-state index contributed by atoms with van der Waals surface area (Å²) < 4.78 is 0. The predicted molar refractivity (Wildman–Crippen MR) is 88.6 cm³/mol. The molecule has 0 bridgehead atoms. The van der Waals surface area contributed by atoms with Gasteiger partial charge in [-0.1, -0.05) is 25.8 Å². The largest absolute Gasteiger partial charge is 0.373 e. The van der Waals surface area contributed by atoms with E-state index in [-0.39, 0.29) is 0 Å². The van der Waals surface area contributed by atoms with E-state index in [0.29, 0.717) is 0 Å². The summed E-state index contributed by atoms with van der Waals surface area (Å²) in [5.74, 6) is 0.901. The highest BCUT2D eigenvalue weighted by molar-refractivity contribution is 5.50. The van der Waals surface area contributed by atoms with Crippen LogP contribution in [0.3, 0.4) is 0 Å². The van der Waals surface area contributed by atoms with Crippen molar-refractivity contribution in [2.75, 3.05) is 25.0 Å². The molecule has 2 heteroatoms. The number of benzene rings is 1. The third kappa shape index (κ3) is 4.52. The van der Waals surface area contributed by atoms with Gasteiger partial charge in [0.25, 0.3) is 0 Å². The number of aryl methyl sites for hydroxylation is 2. The van der Waals surface area contributed by atoms with Crippen LogP contribution in [0.25, 0.3) is 0 Å². The van der Waals surface area contributed by atoms with Crippen molar-refractivity contribution in [1.29, 1.82) is 0 Å². The molecule has 1 aromatic carbocycles. The van der Waals surface area contributed by atoms with Gasteiger partial charge in [-0.15, -0.1) is 0 Å². The van der Waals surface area contributed by atoms with Crippen molar-refractivity contribution in [3.8, 4) is 0 Å². The Hall–Kier alpha value is -1.02. The van der Waals surface area contributed by atoms with Gasteiger partial charge in [0.2, 0.25) is 0 Å². The maximum Gasteiger partial charge on any atom is 0.0369 e. The Bertz CT molecular complexity index is 407. The van der Waals surface area contributed by atoms with Crippen LogP contribution in [0.15, 0.2) is 18.2 Å². The Morgan fingerprint density at radius 3 is 2.50 bits per heavy atom. The van der Waals surface area contributed by atoms with E-state index in [0.717, 1.165) is 25.0 Å². The molecule has 0 aliphatic heterocycles. The molecule has 0 amide bonds. The Labute approximate surface area is 124 Å². The van der Waals surface area contributed by atoms with Crippen LogP contribution in [0.4, 0.5) is 5.69 Å². The number of nitrogens with one attached hydrogen (secondary N) is 1. The van der Waals surface area contributed by atoms with Crippen LogP contribution >= 0.6 is 0 Å². The van der Waals surface area contributed by atoms with E-state index in [1.807, 2.05) is 0 Å². The zero-order chi connectivity index (χ0) is 14.5. The lowest BCUT2D eigenvalue weighted by Gasteiger charge is -2.29. The first-order valence-electron chi connectivity index (χ1n) is 8.07. The summed E-state index contributed by atoms with van der Waals surface area (Å²) in [5.41, 5.74) is 4.03. The average Bonchev–Trinajstić information content (AvgIpc) is 2.37. The molecule has 1 N–H and O–H groups in total. The lowest BCUT2D eigenvalue weighted by molar-refractivity contribution is 0.303. The van der Waals surface area contributed by atoms with Gasteiger partial charge in [-0.05, 0) is 55.9 Å². The van der Waals surface area contributed by atoms with Crippen LogP contribution in [0.2, 0.25) is 0 Å². The second kappa shape index (κ2) is 7.12. The fourth-order valence-corrected chi connectivity index (χ4v) is 3.36. The minimum absolute atomic E-state index is 0.742. The summed E-state index contributed by atoms with van der Waals surface area (Å²) in [7, 11) is 2.19. The molecule has 2 nitrogen and oxygen atoms in total. The SMILES string of the molecule is Cc1cc(C)cc(N(C)CCNC2CCCC(C)C2)c1. The highest BCUT2D eigenvalue weighted by Crippen LogP contribution is 2.23. The van der Waals surface area contributed by atoms with Crippen molar-refractivity contribution in [2.45, 2.75) is 52.5 Å².